The lowest BCUT2D eigenvalue weighted by Gasteiger charge is -2.30. The van der Waals surface area contributed by atoms with Crippen LogP contribution in [0.3, 0.4) is 0 Å². The Morgan fingerprint density at radius 3 is 2.53 bits per heavy atom. The number of carbonyl (C=O) groups is 1. The number of ether oxygens (including phenoxy) is 1. The average Bonchev–Trinajstić information content (AvgIpc) is 3.10. The zero-order valence-electron chi connectivity index (χ0n) is 17.3. The summed E-state index contributed by atoms with van der Waals surface area (Å²) < 4.78 is 34.8. The van der Waals surface area contributed by atoms with Crippen molar-refractivity contribution in [2.24, 2.45) is 11.7 Å². The lowest BCUT2D eigenvalue weighted by atomic mass is 9.96. The number of likely N-dealkylation sites (tertiary alicyclic amines) is 1. The second-order valence-corrected chi connectivity index (χ2v) is 9.83. The maximum atomic E-state index is 13.0. The fourth-order valence-electron chi connectivity index (χ4n) is 4.31. The van der Waals surface area contributed by atoms with Gasteiger partial charge in [-0.25, -0.2) is 13.4 Å². The number of imidazole rings is 1. The maximum Gasteiger partial charge on any atom is 0.243 e. The quantitative estimate of drug-likeness (QED) is 0.718. The Kier molecular flexibility index (Phi) is 6.10. The number of aryl methyl sites for hydroxylation is 1. The predicted molar refractivity (Wildman–Crippen MR) is 112 cm³/mol. The maximum absolute atomic E-state index is 13.0. The smallest absolute Gasteiger partial charge is 0.243 e. The molecule has 2 aliphatic rings. The van der Waals surface area contributed by atoms with Crippen LogP contribution < -0.4 is 5.73 Å². The number of carbonyl (C=O) groups excluding carboxylic acids is 1. The first kappa shape index (κ1) is 21.2. The second kappa shape index (κ2) is 8.62. The van der Waals surface area contributed by atoms with Gasteiger partial charge in [0.15, 0.2) is 0 Å². The average molecular weight is 436 g/mol. The highest BCUT2D eigenvalue weighted by Crippen LogP contribution is 2.25. The molecule has 0 bridgehead atoms. The summed E-state index contributed by atoms with van der Waals surface area (Å²) in [4.78, 5) is 18.7. The number of primary amides is 1. The first-order valence-corrected chi connectivity index (χ1v) is 11.9. The van der Waals surface area contributed by atoms with Crippen LogP contribution in [0.4, 0.5) is 0 Å². The van der Waals surface area contributed by atoms with Gasteiger partial charge in [-0.2, -0.15) is 4.31 Å². The first-order chi connectivity index (χ1) is 14.4. The molecule has 0 spiro atoms. The number of rotatable bonds is 6. The topological polar surface area (TPSA) is 111 Å². The number of amides is 1. The molecule has 2 aromatic rings. The molecule has 2 saturated heterocycles. The minimum Gasteiger partial charge on any atom is -0.379 e. The van der Waals surface area contributed by atoms with Crippen molar-refractivity contribution in [3.8, 4) is 0 Å². The Hall–Kier alpha value is -2.01. The molecule has 10 heteroatoms. The van der Waals surface area contributed by atoms with E-state index in [-0.39, 0.29) is 16.7 Å². The van der Waals surface area contributed by atoms with Crippen LogP contribution in [0.25, 0.3) is 11.0 Å². The van der Waals surface area contributed by atoms with Crippen molar-refractivity contribution in [3.05, 3.63) is 24.0 Å². The zero-order valence-corrected chi connectivity index (χ0v) is 18.1. The Bertz CT molecular complexity index is 1020. The number of hydrogen-bond acceptors (Lipinski definition) is 6. The number of nitrogens with zero attached hydrogens (tertiary/aromatic N) is 4. The Balaban J connectivity index is 1.57. The molecule has 0 saturated carbocycles. The zero-order chi connectivity index (χ0) is 21.3. The summed E-state index contributed by atoms with van der Waals surface area (Å²) in [6, 6.07) is 5.19. The number of sulfonamides is 1. The number of morpholine rings is 1. The van der Waals surface area contributed by atoms with E-state index in [1.807, 2.05) is 6.07 Å². The molecule has 2 N–H and O–H groups in total. The van der Waals surface area contributed by atoms with Crippen LogP contribution in [0.15, 0.2) is 23.1 Å². The van der Waals surface area contributed by atoms with E-state index in [1.54, 1.807) is 12.1 Å². The molecule has 2 aliphatic heterocycles. The van der Waals surface area contributed by atoms with Gasteiger partial charge in [0.1, 0.15) is 5.82 Å². The van der Waals surface area contributed by atoms with Crippen molar-refractivity contribution in [2.75, 3.05) is 39.4 Å². The molecule has 1 aromatic heterocycles. The summed E-state index contributed by atoms with van der Waals surface area (Å²) in [5.41, 5.74) is 7.05. The van der Waals surface area contributed by atoms with Crippen molar-refractivity contribution >= 4 is 27.0 Å². The van der Waals surface area contributed by atoms with E-state index in [4.69, 9.17) is 15.5 Å². The molecule has 30 heavy (non-hydrogen) atoms. The van der Waals surface area contributed by atoms with Gasteiger partial charge in [0, 0.05) is 25.6 Å². The molecule has 2 fully saturated rings. The standard InChI is InChI=1S/C20H29N5O4S/c1-2-25-18-4-3-16(30(27,28)24-9-11-29-12-10-24)13-17(18)22-19(25)14-23-7-5-15(6-8-23)20(21)26/h3-4,13,15H,2,5-12,14H2,1H3,(H2,21,26). The van der Waals surface area contributed by atoms with Crippen LogP contribution in [0.2, 0.25) is 0 Å². The molecule has 3 heterocycles. The number of nitrogens with two attached hydrogens (primary N) is 1. The lowest BCUT2D eigenvalue weighted by molar-refractivity contribution is -0.123. The van der Waals surface area contributed by atoms with Crippen molar-refractivity contribution < 1.29 is 17.9 Å². The fraction of sp³-hybridized carbons (Fsp3) is 0.600. The number of hydrogen-bond donors (Lipinski definition) is 1. The van der Waals surface area contributed by atoms with Crippen molar-refractivity contribution in [1.82, 2.24) is 18.8 Å². The first-order valence-electron chi connectivity index (χ1n) is 10.5. The van der Waals surface area contributed by atoms with Gasteiger partial charge in [-0.05, 0) is 51.1 Å². The molecule has 9 nitrogen and oxygen atoms in total. The molecule has 0 aliphatic carbocycles. The SMILES string of the molecule is CCn1c(CN2CCC(C(N)=O)CC2)nc2cc(S(=O)(=O)N3CCOCC3)ccc21. The summed E-state index contributed by atoms with van der Waals surface area (Å²) in [7, 11) is -3.56. The second-order valence-electron chi connectivity index (χ2n) is 7.89. The normalized spacial score (nSPS) is 20.0. The minimum atomic E-state index is -3.56. The summed E-state index contributed by atoms with van der Waals surface area (Å²) in [6.07, 6.45) is 1.53. The van der Waals surface area contributed by atoms with Gasteiger partial charge in [0.2, 0.25) is 15.9 Å². The van der Waals surface area contributed by atoms with E-state index in [2.05, 4.69) is 16.4 Å². The Labute approximate surface area is 176 Å². The third kappa shape index (κ3) is 4.09. The summed E-state index contributed by atoms with van der Waals surface area (Å²) >= 11 is 0. The molecule has 0 unspecified atom stereocenters. The Morgan fingerprint density at radius 2 is 1.90 bits per heavy atom. The number of piperidine rings is 1. The highest BCUT2D eigenvalue weighted by molar-refractivity contribution is 7.89. The van der Waals surface area contributed by atoms with E-state index >= 15 is 0 Å². The van der Waals surface area contributed by atoms with Crippen molar-refractivity contribution in [2.45, 2.75) is 37.8 Å². The van der Waals surface area contributed by atoms with E-state index in [1.165, 1.54) is 4.31 Å². The Morgan fingerprint density at radius 1 is 1.20 bits per heavy atom. The van der Waals surface area contributed by atoms with Crippen LogP contribution in [0.5, 0.6) is 0 Å². The third-order valence-electron chi connectivity index (χ3n) is 6.08. The molecule has 0 atom stereocenters. The van der Waals surface area contributed by atoms with Gasteiger partial charge in [0.05, 0.1) is 35.7 Å². The molecule has 4 rings (SSSR count). The summed E-state index contributed by atoms with van der Waals surface area (Å²) in [6.45, 7) is 6.66. The van der Waals surface area contributed by atoms with Crippen LogP contribution in [-0.2, 0) is 32.6 Å². The van der Waals surface area contributed by atoms with Gasteiger partial charge in [-0.1, -0.05) is 0 Å². The largest absolute Gasteiger partial charge is 0.379 e. The molecule has 1 aromatic carbocycles. The molecule has 1 amide bonds. The third-order valence-corrected chi connectivity index (χ3v) is 7.97. The number of benzene rings is 1. The number of fused-ring (bicyclic) bond motifs is 1. The highest BCUT2D eigenvalue weighted by Gasteiger charge is 2.28. The van der Waals surface area contributed by atoms with Crippen molar-refractivity contribution in [1.29, 1.82) is 0 Å². The lowest BCUT2D eigenvalue weighted by Crippen LogP contribution is -2.40. The van der Waals surface area contributed by atoms with Gasteiger partial charge >= 0.3 is 0 Å². The molecule has 0 radical (unpaired) electrons. The molecular weight excluding hydrogens is 406 g/mol. The van der Waals surface area contributed by atoms with E-state index in [0.717, 1.165) is 43.8 Å². The van der Waals surface area contributed by atoms with Gasteiger partial charge in [-0.15, -0.1) is 0 Å². The molecular formula is C20H29N5O4S. The van der Waals surface area contributed by atoms with Crippen molar-refractivity contribution in [3.63, 3.8) is 0 Å². The monoisotopic (exact) mass is 435 g/mol. The van der Waals surface area contributed by atoms with Crippen LogP contribution in [0, 0.1) is 5.92 Å². The minimum absolute atomic E-state index is 0.0424. The highest BCUT2D eigenvalue weighted by atomic mass is 32.2. The van der Waals surface area contributed by atoms with Gasteiger partial charge < -0.3 is 15.0 Å². The van der Waals surface area contributed by atoms with Crippen LogP contribution in [0.1, 0.15) is 25.6 Å². The summed E-state index contributed by atoms with van der Waals surface area (Å²) in [5.74, 6) is 0.648. The van der Waals surface area contributed by atoms with Crippen LogP contribution >= 0.6 is 0 Å². The van der Waals surface area contributed by atoms with E-state index < -0.39 is 10.0 Å². The van der Waals surface area contributed by atoms with E-state index in [0.29, 0.717) is 38.4 Å². The van der Waals surface area contributed by atoms with Crippen LogP contribution in [-0.4, -0.2) is 72.5 Å². The number of aromatic nitrogens is 2. The molecule has 164 valence electrons. The van der Waals surface area contributed by atoms with Gasteiger partial charge in [-0.3, -0.25) is 9.69 Å². The summed E-state index contributed by atoms with van der Waals surface area (Å²) in [5, 5.41) is 0. The fourth-order valence-corrected chi connectivity index (χ4v) is 5.73. The van der Waals surface area contributed by atoms with Gasteiger partial charge in [0.25, 0.3) is 0 Å². The van der Waals surface area contributed by atoms with E-state index in [9.17, 15) is 13.2 Å². The predicted octanol–water partition coefficient (Wildman–Crippen LogP) is 0.774.